The Hall–Kier alpha value is -1.43. The Kier molecular flexibility index (Phi) is 1.95. The summed E-state index contributed by atoms with van der Waals surface area (Å²) in [5.41, 5.74) is 3.28. The fourth-order valence-corrected chi connectivity index (χ4v) is 2.46. The van der Waals surface area contributed by atoms with Gasteiger partial charge in [-0.15, -0.1) is 10.2 Å². The van der Waals surface area contributed by atoms with Crippen molar-refractivity contribution in [3.05, 3.63) is 30.0 Å². The molecule has 1 aliphatic rings. The molecule has 0 spiro atoms. The minimum atomic E-state index is 0.187. The first kappa shape index (κ1) is 8.84. The zero-order valence-electron chi connectivity index (χ0n) is 8.17. The van der Waals surface area contributed by atoms with Crippen LogP contribution in [0.2, 0.25) is 0 Å². The molecule has 0 radical (unpaired) electrons. The maximum Gasteiger partial charge on any atom is 0.209 e. The van der Waals surface area contributed by atoms with Gasteiger partial charge in [0.2, 0.25) is 5.16 Å². The fourth-order valence-electron chi connectivity index (χ4n) is 1.56. The van der Waals surface area contributed by atoms with E-state index in [-0.39, 0.29) is 6.04 Å². The second kappa shape index (κ2) is 3.30. The van der Waals surface area contributed by atoms with Crippen molar-refractivity contribution in [2.24, 2.45) is 0 Å². The van der Waals surface area contributed by atoms with Crippen molar-refractivity contribution in [2.45, 2.75) is 18.1 Å². The number of aryl methyl sites for hydroxylation is 1. The molecular weight excluding hydrogens is 212 g/mol. The van der Waals surface area contributed by atoms with Gasteiger partial charge in [-0.25, -0.2) is 4.68 Å². The first-order valence-corrected chi connectivity index (χ1v) is 5.67. The van der Waals surface area contributed by atoms with Crippen LogP contribution in [0.5, 0.6) is 0 Å². The van der Waals surface area contributed by atoms with Gasteiger partial charge in [-0.1, -0.05) is 11.8 Å². The van der Waals surface area contributed by atoms with Crippen LogP contribution >= 0.6 is 11.8 Å². The molecule has 1 aliphatic heterocycles. The van der Waals surface area contributed by atoms with Crippen LogP contribution in [0.1, 0.15) is 17.6 Å². The van der Waals surface area contributed by atoms with Gasteiger partial charge in [0.15, 0.2) is 0 Å². The van der Waals surface area contributed by atoms with E-state index in [4.69, 9.17) is 4.42 Å². The number of hydrogen-bond acceptors (Lipinski definition) is 5. The lowest BCUT2D eigenvalue weighted by Crippen LogP contribution is -2.26. The molecule has 15 heavy (non-hydrogen) atoms. The summed E-state index contributed by atoms with van der Waals surface area (Å²) < 4.78 is 7.41. The molecule has 0 saturated heterocycles. The molecule has 0 bridgehead atoms. The van der Waals surface area contributed by atoms with Gasteiger partial charge in [0, 0.05) is 5.75 Å². The monoisotopic (exact) mass is 222 g/mol. The molecular formula is C9H10N4OS. The van der Waals surface area contributed by atoms with Gasteiger partial charge in [0.25, 0.3) is 0 Å². The SMILES string of the molecule is Cc1ccc(C2CSc3nncn3N2)o1. The highest BCUT2D eigenvalue weighted by Gasteiger charge is 2.22. The molecule has 2 aromatic heterocycles. The van der Waals surface area contributed by atoms with E-state index in [0.717, 1.165) is 22.4 Å². The van der Waals surface area contributed by atoms with Crippen molar-refractivity contribution in [3.63, 3.8) is 0 Å². The van der Waals surface area contributed by atoms with Crippen LogP contribution < -0.4 is 5.43 Å². The third kappa shape index (κ3) is 1.50. The number of fused-ring (bicyclic) bond motifs is 1. The van der Waals surface area contributed by atoms with Gasteiger partial charge >= 0.3 is 0 Å². The van der Waals surface area contributed by atoms with Crippen molar-refractivity contribution < 1.29 is 4.42 Å². The predicted molar refractivity (Wildman–Crippen MR) is 56.3 cm³/mol. The zero-order valence-corrected chi connectivity index (χ0v) is 8.99. The molecule has 0 fully saturated rings. The second-order valence-corrected chi connectivity index (χ2v) is 4.41. The van der Waals surface area contributed by atoms with E-state index >= 15 is 0 Å². The largest absolute Gasteiger partial charge is 0.464 e. The molecule has 6 heteroatoms. The van der Waals surface area contributed by atoms with E-state index < -0.39 is 0 Å². The molecule has 0 aromatic carbocycles. The summed E-state index contributed by atoms with van der Waals surface area (Å²) in [4.78, 5) is 0. The van der Waals surface area contributed by atoms with Gasteiger partial charge in [-0.05, 0) is 19.1 Å². The van der Waals surface area contributed by atoms with Crippen molar-refractivity contribution in [1.29, 1.82) is 0 Å². The Morgan fingerprint density at radius 2 is 2.53 bits per heavy atom. The van der Waals surface area contributed by atoms with Crippen LogP contribution in [0.3, 0.4) is 0 Å². The quantitative estimate of drug-likeness (QED) is 0.793. The van der Waals surface area contributed by atoms with E-state index in [1.165, 1.54) is 0 Å². The molecule has 0 aliphatic carbocycles. The highest BCUT2D eigenvalue weighted by molar-refractivity contribution is 7.99. The van der Waals surface area contributed by atoms with Crippen LogP contribution in [0, 0.1) is 6.92 Å². The van der Waals surface area contributed by atoms with E-state index in [0.29, 0.717) is 0 Å². The lowest BCUT2D eigenvalue weighted by Gasteiger charge is -2.22. The highest BCUT2D eigenvalue weighted by Crippen LogP contribution is 2.29. The van der Waals surface area contributed by atoms with Gasteiger partial charge in [0.1, 0.15) is 23.9 Å². The van der Waals surface area contributed by atoms with Crippen molar-refractivity contribution in [1.82, 2.24) is 14.9 Å². The van der Waals surface area contributed by atoms with Crippen LogP contribution in [0.4, 0.5) is 0 Å². The Labute approximate surface area is 90.8 Å². The van der Waals surface area contributed by atoms with E-state index in [9.17, 15) is 0 Å². The predicted octanol–water partition coefficient (Wildman–Crippen LogP) is 1.57. The van der Waals surface area contributed by atoms with E-state index in [2.05, 4.69) is 15.6 Å². The summed E-state index contributed by atoms with van der Waals surface area (Å²) in [6.07, 6.45) is 1.67. The summed E-state index contributed by atoms with van der Waals surface area (Å²) in [5.74, 6) is 2.80. The Balaban J connectivity index is 1.87. The van der Waals surface area contributed by atoms with Crippen molar-refractivity contribution in [3.8, 4) is 0 Å². The number of hydrogen-bond donors (Lipinski definition) is 1. The topological polar surface area (TPSA) is 55.9 Å². The first-order chi connectivity index (χ1) is 7.33. The summed E-state index contributed by atoms with van der Waals surface area (Å²) in [6.45, 7) is 1.95. The van der Waals surface area contributed by atoms with Crippen LogP contribution in [-0.2, 0) is 0 Å². The lowest BCUT2D eigenvalue weighted by molar-refractivity contribution is 0.451. The molecule has 0 amide bonds. The number of aromatic nitrogens is 3. The first-order valence-electron chi connectivity index (χ1n) is 4.68. The maximum absolute atomic E-state index is 5.58. The van der Waals surface area contributed by atoms with Crippen molar-refractivity contribution in [2.75, 3.05) is 11.2 Å². The number of thioether (sulfide) groups is 1. The third-order valence-electron chi connectivity index (χ3n) is 2.30. The van der Waals surface area contributed by atoms with Gasteiger partial charge in [-0.3, -0.25) is 0 Å². The van der Waals surface area contributed by atoms with E-state index in [1.807, 2.05) is 23.7 Å². The molecule has 1 N–H and O–H groups in total. The minimum Gasteiger partial charge on any atom is -0.464 e. The molecule has 0 saturated carbocycles. The third-order valence-corrected chi connectivity index (χ3v) is 3.33. The number of rotatable bonds is 1. The Bertz CT molecular complexity index is 478. The zero-order chi connectivity index (χ0) is 10.3. The second-order valence-electron chi connectivity index (χ2n) is 3.42. The highest BCUT2D eigenvalue weighted by atomic mass is 32.2. The summed E-state index contributed by atoms with van der Waals surface area (Å²) in [6, 6.07) is 4.17. The average molecular weight is 222 g/mol. The molecule has 1 atom stereocenters. The van der Waals surface area contributed by atoms with Gasteiger partial charge in [-0.2, -0.15) is 0 Å². The Morgan fingerprint density at radius 1 is 1.60 bits per heavy atom. The maximum atomic E-state index is 5.58. The number of nitrogens with one attached hydrogen (secondary N) is 1. The summed E-state index contributed by atoms with van der Waals surface area (Å²) >= 11 is 1.67. The molecule has 78 valence electrons. The van der Waals surface area contributed by atoms with Gasteiger partial charge < -0.3 is 9.84 Å². The average Bonchev–Trinajstić information content (AvgIpc) is 2.84. The molecule has 5 nitrogen and oxygen atoms in total. The van der Waals surface area contributed by atoms with Crippen LogP contribution in [0.25, 0.3) is 0 Å². The normalized spacial score (nSPS) is 19.7. The molecule has 1 unspecified atom stereocenters. The molecule has 3 heterocycles. The summed E-state index contributed by atoms with van der Waals surface area (Å²) in [7, 11) is 0. The molecule has 2 aromatic rings. The fraction of sp³-hybridized carbons (Fsp3) is 0.333. The van der Waals surface area contributed by atoms with Crippen molar-refractivity contribution >= 4 is 11.8 Å². The lowest BCUT2D eigenvalue weighted by atomic mass is 10.3. The minimum absolute atomic E-state index is 0.187. The number of furan rings is 1. The van der Waals surface area contributed by atoms with Gasteiger partial charge in [0.05, 0.1) is 0 Å². The smallest absolute Gasteiger partial charge is 0.209 e. The number of nitrogens with zero attached hydrogens (tertiary/aromatic N) is 3. The molecule has 3 rings (SSSR count). The summed E-state index contributed by atoms with van der Waals surface area (Å²) in [5, 5.41) is 8.71. The van der Waals surface area contributed by atoms with Crippen LogP contribution in [-0.4, -0.2) is 20.6 Å². The van der Waals surface area contributed by atoms with E-state index in [1.54, 1.807) is 18.1 Å². The Morgan fingerprint density at radius 3 is 3.33 bits per heavy atom. The standard InChI is InChI=1S/C9H10N4OS/c1-6-2-3-8(14-6)7-4-15-9-11-10-5-13(9)12-7/h2-3,5,7,12H,4H2,1H3. The van der Waals surface area contributed by atoms with Crippen LogP contribution in [0.15, 0.2) is 28.0 Å².